The van der Waals surface area contributed by atoms with Crippen molar-refractivity contribution in [1.82, 2.24) is 19.6 Å². The Labute approximate surface area is 149 Å². The molecule has 1 aliphatic heterocycles. The van der Waals surface area contributed by atoms with Gasteiger partial charge in [-0.2, -0.15) is 5.10 Å². The summed E-state index contributed by atoms with van der Waals surface area (Å²) in [4.78, 5) is 23.4. The van der Waals surface area contributed by atoms with Crippen molar-refractivity contribution in [3.8, 4) is 0 Å². The maximum absolute atomic E-state index is 12.2. The minimum absolute atomic E-state index is 0.135. The molecule has 2 aromatic rings. The van der Waals surface area contributed by atoms with Crippen molar-refractivity contribution in [2.75, 3.05) is 18.6 Å². The van der Waals surface area contributed by atoms with Gasteiger partial charge in [0.05, 0.1) is 18.7 Å². The first kappa shape index (κ1) is 17.1. The Morgan fingerprint density at radius 2 is 2.21 bits per heavy atom. The highest BCUT2D eigenvalue weighted by Crippen LogP contribution is 2.40. The summed E-state index contributed by atoms with van der Waals surface area (Å²) in [5, 5.41) is 4.23. The quantitative estimate of drug-likeness (QED) is 0.743. The van der Waals surface area contributed by atoms with E-state index >= 15 is 0 Å². The highest BCUT2D eigenvalue weighted by atomic mass is 79.9. The van der Waals surface area contributed by atoms with E-state index in [9.17, 15) is 4.79 Å². The number of methoxy groups -OCH3 is 1. The third-order valence-electron chi connectivity index (χ3n) is 4.93. The fourth-order valence-electron chi connectivity index (χ4n) is 3.48. The van der Waals surface area contributed by atoms with Gasteiger partial charge in [0.25, 0.3) is 0 Å². The Morgan fingerprint density at radius 3 is 2.88 bits per heavy atom. The van der Waals surface area contributed by atoms with E-state index in [-0.39, 0.29) is 12.0 Å². The van der Waals surface area contributed by atoms with Gasteiger partial charge in [0, 0.05) is 12.6 Å². The van der Waals surface area contributed by atoms with Crippen LogP contribution in [-0.4, -0.2) is 45.2 Å². The Kier molecular flexibility index (Phi) is 4.50. The minimum Gasteiger partial charge on any atom is -0.469 e. The number of piperidine rings is 1. The van der Waals surface area contributed by atoms with E-state index in [2.05, 4.69) is 49.7 Å². The van der Waals surface area contributed by atoms with Crippen molar-refractivity contribution in [3.63, 3.8) is 0 Å². The van der Waals surface area contributed by atoms with E-state index in [1.54, 1.807) is 17.0 Å². The molecule has 3 rings (SSSR count). The number of carbonyl (C=O) groups excluding carboxylic acids is 1. The molecule has 1 saturated heterocycles. The molecule has 7 nitrogen and oxygen atoms in total. The third-order valence-corrected chi connectivity index (χ3v) is 5.47. The first-order chi connectivity index (χ1) is 11.4. The van der Waals surface area contributed by atoms with Crippen LogP contribution in [0.25, 0.3) is 5.65 Å². The van der Waals surface area contributed by atoms with Gasteiger partial charge >= 0.3 is 5.97 Å². The number of imidazole rings is 1. The zero-order chi connectivity index (χ0) is 17.5. The van der Waals surface area contributed by atoms with Gasteiger partial charge in [-0.3, -0.25) is 4.79 Å². The molecule has 2 aromatic heterocycles. The fraction of sp³-hybridized carbons (Fsp3) is 0.625. The van der Waals surface area contributed by atoms with E-state index < -0.39 is 5.41 Å². The lowest BCUT2D eigenvalue weighted by molar-refractivity contribution is -0.153. The summed E-state index contributed by atoms with van der Waals surface area (Å²) in [6.07, 6.45) is 4.72. The largest absolute Gasteiger partial charge is 0.469 e. The number of nitrogens with zero attached hydrogens (tertiary/aromatic N) is 5. The molecule has 0 aliphatic carbocycles. The highest BCUT2D eigenvalue weighted by Gasteiger charge is 2.44. The van der Waals surface area contributed by atoms with E-state index in [1.165, 1.54) is 7.11 Å². The summed E-state index contributed by atoms with van der Waals surface area (Å²) in [5.41, 5.74) is 0.260. The lowest BCUT2D eigenvalue weighted by atomic mass is 9.74. The molecule has 24 heavy (non-hydrogen) atoms. The molecule has 0 saturated carbocycles. The molecule has 8 heteroatoms. The van der Waals surface area contributed by atoms with Crippen molar-refractivity contribution >= 4 is 33.4 Å². The summed E-state index contributed by atoms with van der Waals surface area (Å²) >= 11 is 3.45. The van der Waals surface area contributed by atoms with Crippen molar-refractivity contribution in [2.24, 2.45) is 11.3 Å². The molecule has 0 spiro atoms. The van der Waals surface area contributed by atoms with Crippen LogP contribution < -0.4 is 4.90 Å². The number of fused-ring (bicyclic) bond motifs is 1. The number of halogens is 1. The molecular weight excluding hydrogens is 374 g/mol. The molecule has 0 N–H and O–H groups in total. The van der Waals surface area contributed by atoms with Crippen LogP contribution in [0.1, 0.15) is 33.6 Å². The standard InChI is InChI=1S/C16H22BrN5O2/c1-10(2)11-7-16(3,15(23)24-4)5-6-21(11)13-14-18-8-12(17)22(14)20-9-19-13/h8-11H,5-7H2,1-4H3/t11-,16+/m0/s1. The molecular formula is C16H22BrN5O2. The Balaban J connectivity index is 2.00. The van der Waals surface area contributed by atoms with Crippen LogP contribution in [-0.2, 0) is 9.53 Å². The molecule has 0 amide bonds. The van der Waals surface area contributed by atoms with Gasteiger partial charge in [-0.1, -0.05) is 13.8 Å². The van der Waals surface area contributed by atoms with E-state index in [1.807, 2.05) is 6.92 Å². The second kappa shape index (κ2) is 6.31. The number of hydrogen-bond acceptors (Lipinski definition) is 6. The van der Waals surface area contributed by atoms with Crippen LogP contribution in [0.3, 0.4) is 0 Å². The Hall–Kier alpha value is -1.70. The molecule has 1 aliphatic rings. The third kappa shape index (κ3) is 2.76. The molecule has 3 heterocycles. The number of esters is 1. The van der Waals surface area contributed by atoms with Crippen molar-refractivity contribution < 1.29 is 9.53 Å². The zero-order valence-corrected chi connectivity index (χ0v) is 15.9. The maximum atomic E-state index is 12.2. The minimum atomic E-state index is -0.459. The van der Waals surface area contributed by atoms with Gasteiger partial charge < -0.3 is 9.64 Å². The van der Waals surface area contributed by atoms with Gasteiger partial charge in [0.1, 0.15) is 10.9 Å². The number of hydrogen-bond donors (Lipinski definition) is 0. The van der Waals surface area contributed by atoms with Crippen LogP contribution in [0, 0.1) is 11.3 Å². The molecule has 1 fully saturated rings. The topological polar surface area (TPSA) is 72.6 Å². The second-order valence-electron chi connectivity index (χ2n) is 6.91. The first-order valence-electron chi connectivity index (χ1n) is 8.06. The SMILES string of the molecule is COC(=O)[C@]1(C)CCN(c2ncnn3c(Br)cnc23)[C@H](C(C)C)C1. The van der Waals surface area contributed by atoms with Gasteiger partial charge in [-0.05, 0) is 41.6 Å². The molecule has 130 valence electrons. The number of rotatable bonds is 3. The van der Waals surface area contributed by atoms with Gasteiger partial charge in [0.2, 0.25) is 0 Å². The van der Waals surface area contributed by atoms with Crippen LogP contribution in [0.2, 0.25) is 0 Å². The van der Waals surface area contributed by atoms with Crippen LogP contribution in [0.5, 0.6) is 0 Å². The van der Waals surface area contributed by atoms with Gasteiger partial charge in [-0.15, -0.1) is 0 Å². The van der Waals surface area contributed by atoms with E-state index in [4.69, 9.17) is 4.74 Å². The Bertz CT molecular complexity index is 762. The second-order valence-corrected chi connectivity index (χ2v) is 7.72. The monoisotopic (exact) mass is 395 g/mol. The Morgan fingerprint density at radius 1 is 1.46 bits per heavy atom. The molecule has 0 radical (unpaired) electrons. The molecule has 0 unspecified atom stereocenters. The van der Waals surface area contributed by atoms with Gasteiger partial charge in [-0.25, -0.2) is 14.5 Å². The van der Waals surface area contributed by atoms with Crippen molar-refractivity contribution in [1.29, 1.82) is 0 Å². The number of ether oxygens (including phenoxy) is 1. The summed E-state index contributed by atoms with van der Waals surface area (Å²) in [5.74, 6) is 1.04. The predicted octanol–water partition coefficient (Wildman–Crippen LogP) is 2.69. The molecule has 0 bridgehead atoms. The number of carbonyl (C=O) groups is 1. The van der Waals surface area contributed by atoms with E-state index in [0.717, 1.165) is 35.5 Å². The average molecular weight is 396 g/mol. The summed E-state index contributed by atoms with van der Waals surface area (Å²) in [7, 11) is 1.46. The fourth-order valence-corrected chi connectivity index (χ4v) is 3.84. The van der Waals surface area contributed by atoms with Crippen LogP contribution >= 0.6 is 15.9 Å². The normalized spacial score (nSPS) is 24.6. The smallest absolute Gasteiger partial charge is 0.311 e. The maximum Gasteiger partial charge on any atom is 0.311 e. The number of anilines is 1. The highest BCUT2D eigenvalue weighted by molar-refractivity contribution is 9.10. The van der Waals surface area contributed by atoms with Crippen LogP contribution in [0.15, 0.2) is 17.1 Å². The average Bonchev–Trinajstić information content (AvgIpc) is 2.95. The summed E-state index contributed by atoms with van der Waals surface area (Å²) in [6, 6.07) is 0.178. The predicted molar refractivity (Wildman–Crippen MR) is 93.8 cm³/mol. The van der Waals surface area contributed by atoms with Crippen LogP contribution in [0.4, 0.5) is 5.82 Å². The van der Waals surface area contributed by atoms with E-state index in [0.29, 0.717) is 5.92 Å². The number of aromatic nitrogens is 4. The summed E-state index contributed by atoms with van der Waals surface area (Å²) in [6.45, 7) is 7.06. The zero-order valence-electron chi connectivity index (χ0n) is 14.4. The lowest BCUT2D eigenvalue weighted by Crippen LogP contribution is -2.52. The lowest BCUT2D eigenvalue weighted by Gasteiger charge is -2.45. The first-order valence-corrected chi connectivity index (χ1v) is 8.86. The summed E-state index contributed by atoms with van der Waals surface area (Å²) < 4.78 is 7.55. The molecule has 0 aromatic carbocycles. The van der Waals surface area contributed by atoms with Crippen molar-refractivity contribution in [3.05, 3.63) is 17.1 Å². The van der Waals surface area contributed by atoms with Gasteiger partial charge in [0.15, 0.2) is 11.5 Å². The molecule has 2 atom stereocenters. The van der Waals surface area contributed by atoms with Crippen molar-refractivity contribution in [2.45, 2.75) is 39.7 Å².